The Morgan fingerprint density at radius 1 is 1.39 bits per heavy atom. The molecule has 6 heteroatoms. The van der Waals surface area contributed by atoms with Crippen LogP contribution in [0.3, 0.4) is 0 Å². The molecule has 96 valence electrons. The van der Waals surface area contributed by atoms with Crippen LogP contribution in [0.4, 0.5) is 0 Å². The van der Waals surface area contributed by atoms with Gasteiger partial charge < -0.3 is 9.67 Å². The first kappa shape index (κ1) is 11.8. The number of carboxylic acid groups (broad SMARTS) is 1. The summed E-state index contributed by atoms with van der Waals surface area (Å²) in [4.78, 5) is 10.7. The zero-order chi connectivity index (χ0) is 12.7. The maximum Gasteiger partial charge on any atom is 0.331 e. The van der Waals surface area contributed by atoms with Crippen molar-refractivity contribution in [3.05, 3.63) is 18.0 Å². The van der Waals surface area contributed by atoms with Crippen molar-refractivity contribution in [3.63, 3.8) is 0 Å². The first-order chi connectivity index (χ1) is 8.66. The van der Waals surface area contributed by atoms with Crippen molar-refractivity contribution in [2.24, 2.45) is 0 Å². The number of hydrogen-bond donors (Lipinski definition) is 1. The van der Waals surface area contributed by atoms with Gasteiger partial charge in [0.2, 0.25) is 0 Å². The van der Waals surface area contributed by atoms with E-state index in [-0.39, 0.29) is 5.57 Å². The second-order valence-corrected chi connectivity index (χ2v) is 5.86. The summed E-state index contributed by atoms with van der Waals surface area (Å²) >= 11 is 1.43. The first-order valence-corrected chi connectivity index (χ1v) is 7.14. The van der Waals surface area contributed by atoms with Crippen LogP contribution in [0.15, 0.2) is 17.3 Å². The van der Waals surface area contributed by atoms with Gasteiger partial charge in [0.05, 0.1) is 0 Å². The summed E-state index contributed by atoms with van der Waals surface area (Å²) in [5, 5.41) is 18.1. The van der Waals surface area contributed by atoms with E-state index < -0.39 is 5.97 Å². The van der Waals surface area contributed by atoms with E-state index in [2.05, 4.69) is 21.3 Å². The Morgan fingerprint density at radius 3 is 2.67 bits per heavy atom. The van der Waals surface area contributed by atoms with Crippen molar-refractivity contribution in [2.75, 3.05) is 5.75 Å². The highest BCUT2D eigenvalue weighted by Crippen LogP contribution is 2.46. The Balaban J connectivity index is 1.75. The molecule has 2 aliphatic carbocycles. The number of aliphatic carboxylic acids is 1. The Kier molecular flexibility index (Phi) is 2.89. The van der Waals surface area contributed by atoms with E-state index >= 15 is 0 Å². The van der Waals surface area contributed by atoms with Gasteiger partial charge >= 0.3 is 5.97 Å². The monoisotopic (exact) mass is 265 g/mol. The third-order valence-electron chi connectivity index (χ3n) is 3.22. The SMILES string of the molecule is C=C(CSc1nnc(C2CC2)n1C1CC1)C(=O)O. The topological polar surface area (TPSA) is 68.0 Å². The summed E-state index contributed by atoms with van der Waals surface area (Å²) < 4.78 is 2.22. The van der Waals surface area contributed by atoms with Crippen molar-refractivity contribution in [2.45, 2.75) is 42.8 Å². The van der Waals surface area contributed by atoms with E-state index in [4.69, 9.17) is 5.11 Å². The van der Waals surface area contributed by atoms with Crippen LogP contribution in [-0.2, 0) is 4.79 Å². The van der Waals surface area contributed by atoms with Crippen LogP contribution in [0, 0.1) is 0 Å². The molecule has 1 heterocycles. The molecule has 2 saturated carbocycles. The minimum atomic E-state index is -0.942. The lowest BCUT2D eigenvalue weighted by atomic mass is 10.4. The van der Waals surface area contributed by atoms with Crippen molar-refractivity contribution in [3.8, 4) is 0 Å². The van der Waals surface area contributed by atoms with Gasteiger partial charge in [-0.05, 0) is 25.7 Å². The van der Waals surface area contributed by atoms with E-state index in [9.17, 15) is 4.79 Å². The molecule has 1 aromatic heterocycles. The number of nitrogens with zero attached hydrogens (tertiary/aromatic N) is 3. The van der Waals surface area contributed by atoms with Crippen LogP contribution in [0.1, 0.15) is 43.5 Å². The van der Waals surface area contributed by atoms with Gasteiger partial charge in [0.1, 0.15) is 5.82 Å². The molecule has 1 aromatic rings. The highest BCUT2D eigenvalue weighted by molar-refractivity contribution is 7.99. The van der Waals surface area contributed by atoms with Gasteiger partial charge in [0.15, 0.2) is 5.16 Å². The average molecular weight is 265 g/mol. The summed E-state index contributed by atoms with van der Waals surface area (Å²) in [6.07, 6.45) is 4.78. The second-order valence-electron chi connectivity index (χ2n) is 4.91. The molecule has 0 aromatic carbocycles. The minimum Gasteiger partial charge on any atom is -0.478 e. The number of carboxylic acids is 1. The summed E-state index contributed by atoms with van der Waals surface area (Å²) in [5.41, 5.74) is 0.207. The Bertz CT molecular complexity index is 503. The van der Waals surface area contributed by atoms with Crippen LogP contribution in [0.5, 0.6) is 0 Å². The maximum absolute atomic E-state index is 10.7. The smallest absolute Gasteiger partial charge is 0.331 e. The van der Waals surface area contributed by atoms with E-state index in [0.29, 0.717) is 17.7 Å². The largest absolute Gasteiger partial charge is 0.478 e. The van der Waals surface area contributed by atoms with Gasteiger partial charge in [0, 0.05) is 23.3 Å². The van der Waals surface area contributed by atoms with E-state index in [1.54, 1.807) is 0 Å². The lowest BCUT2D eigenvalue weighted by Crippen LogP contribution is -2.04. The summed E-state index contributed by atoms with van der Waals surface area (Å²) in [7, 11) is 0. The standard InChI is InChI=1S/C12H15N3O2S/c1-7(11(16)17)6-18-12-14-13-10(8-2-3-8)15(12)9-4-5-9/h8-9H,1-6H2,(H,16,17). The molecular weight excluding hydrogens is 250 g/mol. The van der Waals surface area contributed by atoms with Crippen LogP contribution in [0.25, 0.3) is 0 Å². The van der Waals surface area contributed by atoms with E-state index in [1.807, 2.05) is 0 Å². The first-order valence-electron chi connectivity index (χ1n) is 6.15. The fourth-order valence-electron chi connectivity index (χ4n) is 1.90. The van der Waals surface area contributed by atoms with Gasteiger partial charge in [-0.15, -0.1) is 10.2 Å². The fourth-order valence-corrected chi connectivity index (χ4v) is 2.80. The molecule has 1 N–H and O–H groups in total. The minimum absolute atomic E-state index is 0.207. The van der Waals surface area contributed by atoms with Crippen molar-refractivity contribution in [1.82, 2.24) is 14.8 Å². The normalized spacial score (nSPS) is 18.9. The molecule has 0 bridgehead atoms. The fraction of sp³-hybridized carbons (Fsp3) is 0.583. The molecule has 2 fully saturated rings. The third kappa shape index (κ3) is 2.29. The number of carbonyl (C=O) groups is 1. The average Bonchev–Trinajstić information content (AvgIpc) is 3.24. The Labute approximate surface area is 109 Å². The van der Waals surface area contributed by atoms with E-state index in [1.165, 1.54) is 37.4 Å². The van der Waals surface area contributed by atoms with Crippen LogP contribution >= 0.6 is 11.8 Å². The molecule has 0 amide bonds. The van der Waals surface area contributed by atoms with E-state index in [0.717, 1.165) is 11.0 Å². The summed E-state index contributed by atoms with van der Waals surface area (Å²) in [6, 6.07) is 0.538. The molecule has 0 aliphatic heterocycles. The van der Waals surface area contributed by atoms with Crippen molar-refractivity contribution in [1.29, 1.82) is 0 Å². The zero-order valence-electron chi connectivity index (χ0n) is 10.0. The molecule has 0 saturated heterocycles. The maximum atomic E-state index is 10.7. The molecule has 0 unspecified atom stereocenters. The predicted octanol–water partition coefficient (Wildman–Crippen LogP) is 2.22. The Morgan fingerprint density at radius 2 is 2.11 bits per heavy atom. The molecular formula is C12H15N3O2S. The van der Waals surface area contributed by atoms with Crippen LogP contribution in [0.2, 0.25) is 0 Å². The van der Waals surface area contributed by atoms with Crippen molar-refractivity contribution >= 4 is 17.7 Å². The summed E-state index contributed by atoms with van der Waals surface area (Å²) in [6.45, 7) is 3.54. The van der Waals surface area contributed by atoms with Gasteiger partial charge in [-0.3, -0.25) is 0 Å². The lowest BCUT2D eigenvalue weighted by molar-refractivity contribution is -0.132. The molecule has 18 heavy (non-hydrogen) atoms. The highest BCUT2D eigenvalue weighted by atomic mass is 32.2. The summed E-state index contributed by atoms with van der Waals surface area (Å²) in [5.74, 6) is 1.10. The van der Waals surface area contributed by atoms with Crippen molar-refractivity contribution < 1.29 is 9.90 Å². The lowest BCUT2D eigenvalue weighted by Gasteiger charge is -2.07. The number of rotatable bonds is 6. The molecule has 5 nitrogen and oxygen atoms in total. The predicted molar refractivity (Wildman–Crippen MR) is 67.8 cm³/mol. The zero-order valence-corrected chi connectivity index (χ0v) is 10.8. The molecule has 0 radical (unpaired) electrons. The second kappa shape index (κ2) is 4.42. The van der Waals surface area contributed by atoms with Gasteiger partial charge in [-0.25, -0.2) is 4.79 Å². The highest BCUT2D eigenvalue weighted by Gasteiger charge is 2.36. The van der Waals surface area contributed by atoms with Crippen LogP contribution < -0.4 is 0 Å². The molecule has 0 spiro atoms. The Hall–Kier alpha value is -1.30. The molecule has 3 rings (SSSR count). The van der Waals surface area contributed by atoms with Crippen LogP contribution in [-0.4, -0.2) is 31.6 Å². The third-order valence-corrected chi connectivity index (χ3v) is 4.25. The number of hydrogen-bond acceptors (Lipinski definition) is 4. The number of aromatic nitrogens is 3. The molecule has 0 atom stereocenters. The van der Waals surface area contributed by atoms with Gasteiger partial charge in [-0.1, -0.05) is 18.3 Å². The number of thioether (sulfide) groups is 1. The van der Waals surface area contributed by atoms with Gasteiger partial charge in [-0.2, -0.15) is 0 Å². The molecule has 2 aliphatic rings. The quantitative estimate of drug-likeness (QED) is 0.631. The van der Waals surface area contributed by atoms with Gasteiger partial charge in [0.25, 0.3) is 0 Å².